The minimum absolute atomic E-state index is 0.194. The van der Waals surface area contributed by atoms with Gasteiger partial charge in [-0.1, -0.05) is 56.5 Å². The van der Waals surface area contributed by atoms with Gasteiger partial charge >= 0.3 is 0 Å². The van der Waals surface area contributed by atoms with Crippen LogP contribution in [0.15, 0.2) is 30.3 Å². The molecule has 0 aliphatic carbocycles. The van der Waals surface area contributed by atoms with E-state index >= 15 is 0 Å². The van der Waals surface area contributed by atoms with Crippen LogP contribution in [0.4, 0.5) is 0 Å². The molecule has 1 aromatic carbocycles. The number of benzene rings is 1. The van der Waals surface area contributed by atoms with Gasteiger partial charge in [0.1, 0.15) is 0 Å². The summed E-state index contributed by atoms with van der Waals surface area (Å²) in [6.45, 7) is 3.44. The molecule has 0 spiro atoms. The van der Waals surface area contributed by atoms with Crippen LogP contribution in [0.3, 0.4) is 0 Å². The van der Waals surface area contributed by atoms with Crippen LogP contribution in [-0.2, 0) is 6.42 Å². The Morgan fingerprint density at radius 2 is 1.88 bits per heavy atom. The van der Waals surface area contributed by atoms with Gasteiger partial charge in [0, 0.05) is 6.04 Å². The van der Waals surface area contributed by atoms with Gasteiger partial charge in [0.2, 0.25) is 0 Å². The first kappa shape index (κ1) is 14.2. The third kappa shape index (κ3) is 6.44. The number of aliphatic hydroxyl groups excluding tert-OH is 1. The highest BCUT2D eigenvalue weighted by Crippen LogP contribution is 2.03. The van der Waals surface area contributed by atoms with Crippen LogP contribution in [0.1, 0.15) is 38.2 Å². The van der Waals surface area contributed by atoms with Gasteiger partial charge in [0.15, 0.2) is 0 Å². The summed E-state index contributed by atoms with van der Waals surface area (Å²) >= 11 is 0. The molecule has 2 N–H and O–H groups in total. The molecule has 0 heterocycles. The molecule has 1 rings (SSSR count). The molecular weight excluding hydrogens is 210 g/mol. The maximum atomic E-state index is 9.33. The highest BCUT2D eigenvalue weighted by atomic mass is 16.3. The van der Waals surface area contributed by atoms with Crippen LogP contribution >= 0.6 is 0 Å². The highest BCUT2D eigenvalue weighted by molar-refractivity contribution is 5.15. The zero-order valence-corrected chi connectivity index (χ0v) is 10.9. The van der Waals surface area contributed by atoms with Gasteiger partial charge in [-0.3, -0.25) is 0 Å². The van der Waals surface area contributed by atoms with Crippen molar-refractivity contribution in [3.8, 4) is 0 Å². The topological polar surface area (TPSA) is 32.3 Å². The molecule has 0 aromatic heterocycles. The molecule has 0 radical (unpaired) electrons. The molecule has 2 nitrogen and oxygen atoms in total. The van der Waals surface area contributed by atoms with E-state index in [4.69, 9.17) is 0 Å². The summed E-state index contributed by atoms with van der Waals surface area (Å²) in [5.41, 5.74) is 1.28. The minimum Gasteiger partial charge on any atom is -0.395 e. The van der Waals surface area contributed by atoms with E-state index in [-0.39, 0.29) is 12.6 Å². The molecule has 0 unspecified atom stereocenters. The quantitative estimate of drug-likeness (QED) is 0.645. The van der Waals surface area contributed by atoms with Crippen molar-refractivity contribution >= 4 is 0 Å². The zero-order chi connectivity index (χ0) is 12.3. The Balaban J connectivity index is 2.20. The first-order valence-corrected chi connectivity index (χ1v) is 6.75. The Hall–Kier alpha value is -0.860. The largest absolute Gasteiger partial charge is 0.395 e. The number of rotatable bonds is 9. The van der Waals surface area contributed by atoms with Gasteiger partial charge in [-0.2, -0.15) is 0 Å². The van der Waals surface area contributed by atoms with Crippen molar-refractivity contribution in [2.24, 2.45) is 0 Å². The Morgan fingerprint density at radius 3 is 2.53 bits per heavy atom. The summed E-state index contributed by atoms with van der Waals surface area (Å²) in [5.74, 6) is 0. The average molecular weight is 235 g/mol. The number of hydrogen-bond donors (Lipinski definition) is 2. The molecule has 17 heavy (non-hydrogen) atoms. The van der Waals surface area contributed by atoms with Crippen LogP contribution < -0.4 is 5.32 Å². The van der Waals surface area contributed by atoms with Crippen molar-refractivity contribution in [1.82, 2.24) is 5.32 Å². The zero-order valence-electron chi connectivity index (χ0n) is 10.9. The van der Waals surface area contributed by atoms with Gasteiger partial charge in [-0.15, -0.1) is 0 Å². The predicted molar refractivity (Wildman–Crippen MR) is 73.2 cm³/mol. The van der Waals surface area contributed by atoms with E-state index in [1.54, 1.807) is 0 Å². The van der Waals surface area contributed by atoms with Crippen molar-refractivity contribution in [3.05, 3.63) is 35.9 Å². The Kier molecular flexibility index (Phi) is 7.69. The fourth-order valence-electron chi connectivity index (χ4n) is 1.96. The molecule has 1 aromatic rings. The van der Waals surface area contributed by atoms with Gasteiger partial charge in [-0.05, 0) is 24.9 Å². The molecule has 0 amide bonds. The molecule has 0 saturated carbocycles. The number of nitrogens with one attached hydrogen (secondary N) is 1. The van der Waals surface area contributed by atoms with Crippen LogP contribution in [0.25, 0.3) is 0 Å². The Labute approximate surface area is 105 Å². The average Bonchev–Trinajstić information content (AvgIpc) is 2.38. The van der Waals surface area contributed by atoms with Gasteiger partial charge < -0.3 is 10.4 Å². The van der Waals surface area contributed by atoms with Crippen LogP contribution in [0.2, 0.25) is 0 Å². The molecule has 0 aliphatic heterocycles. The third-order valence-electron chi connectivity index (χ3n) is 3.01. The van der Waals surface area contributed by atoms with Gasteiger partial charge in [0.25, 0.3) is 0 Å². The lowest BCUT2D eigenvalue weighted by Gasteiger charge is -2.16. The highest BCUT2D eigenvalue weighted by Gasteiger charge is 2.06. The van der Waals surface area contributed by atoms with Crippen molar-refractivity contribution in [2.75, 3.05) is 13.2 Å². The molecule has 1 atom stereocenters. The lowest BCUT2D eigenvalue weighted by atomic mass is 10.1. The molecule has 96 valence electrons. The predicted octanol–water partition coefficient (Wildman–Crippen LogP) is 2.76. The Morgan fingerprint density at radius 1 is 1.12 bits per heavy atom. The summed E-state index contributed by atoms with van der Waals surface area (Å²) in [4.78, 5) is 0. The maximum absolute atomic E-state index is 9.33. The standard InChI is InChI=1S/C15H25NO/c1-2-3-4-8-11-16-15(13-17)12-14-9-6-5-7-10-14/h5-7,9-10,15-17H,2-4,8,11-13H2,1H3/t15-/m1/s1. The van der Waals surface area contributed by atoms with Gasteiger partial charge in [-0.25, -0.2) is 0 Å². The number of hydrogen-bond acceptors (Lipinski definition) is 2. The summed E-state index contributed by atoms with van der Waals surface area (Å²) in [7, 11) is 0. The number of aliphatic hydroxyl groups is 1. The van der Waals surface area contributed by atoms with Crippen LogP contribution in [-0.4, -0.2) is 24.3 Å². The van der Waals surface area contributed by atoms with Crippen LogP contribution in [0, 0.1) is 0 Å². The van der Waals surface area contributed by atoms with Gasteiger partial charge in [0.05, 0.1) is 6.61 Å². The van der Waals surface area contributed by atoms with Crippen molar-refractivity contribution in [2.45, 2.75) is 45.1 Å². The second-order valence-corrected chi connectivity index (χ2v) is 4.58. The van der Waals surface area contributed by atoms with Crippen molar-refractivity contribution in [3.63, 3.8) is 0 Å². The lowest BCUT2D eigenvalue weighted by Crippen LogP contribution is -2.35. The monoisotopic (exact) mass is 235 g/mol. The molecule has 0 saturated heterocycles. The van der Waals surface area contributed by atoms with E-state index in [0.717, 1.165) is 13.0 Å². The third-order valence-corrected chi connectivity index (χ3v) is 3.01. The fraction of sp³-hybridized carbons (Fsp3) is 0.600. The Bertz CT molecular complexity index is 274. The normalized spacial score (nSPS) is 12.6. The molecule has 0 aliphatic rings. The summed E-state index contributed by atoms with van der Waals surface area (Å²) in [5, 5.41) is 12.8. The lowest BCUT2D eigenvalue weighted by molar-refractivity contribution is 0.241. The second-order valence-electron chi connectivity index (χ2n) is 4.58. The first-order chi connectivity index (χ1) is 8.36. The fourth-order valence-corrected chi connectivity index (χ4v) is 1.96. The molecule has 2 heteroatoms. The van der Waals surface area contributed by atoms with Crippen molar-refractivity contribution < 1.29 is 5.11 Å². The van der Waals surface area contributed by atoms with E-state index in [9.17, 15) is 5.11 Å². The van der Waals surface area contributed by atoms with E-state index in [1.165, 1.54) is 31.2 Å². The molecular formula is C15H25NO. The smallest absolute Gasteiger partial charge is 0.0587 e. The molecule has 0 fully saturated rings. The van der Waals surface area contributed by atoms with Crippen LogP contribution in [0.5, 0.6) is 0 Å². The van der Waals surface area contributed by atoms with E-state index in [2.05, 4.69) is 24.4 Å². The second kappa shape index (κ2) is 9.20. The minimum atomic E-state index is 0.194. The van der Waals surface area contributed by atoms with E-state index < -0.39 is 0 Å². The first-order valence-electron chi connectivity index (χ1n) is 6.75. The maximum Gasteiger partial charge on any atom is 0.0587 e. The van der Waals surface area contributed by atoms with E-state index in [0.29, 0.717) is 0 Å². The number of unbranched alkanes of at least 4 members (excludes halogenated alkanes) is 3. The summed E-state index contributed by atoms with van der Waals surface area (Å²) in [6, 6.07) is 10.5. The summed E-state index contributed by atoms with van der Waals surface area (Å²) < 4.78 is 0. The SMILES string of the molecule is CCCCCCN[C@@H](CO)Cc1ccccc1. The van der Waals surface area contributed by atoms with Crippen molar-refractivity contribution in [1.29, 1.82) is 0 Å². The van der Waals surface area contributed by atoms with E-state index in [1.807, 2.05) is 18.2 Å². The summed E-state index contributed by atoms with van der Waals surface area (Å²) in [6.07, 6.45) is 5.98. The molecule has 0 bridgehead atoms.